The number of carbonyl (C=O) groups is 3. The van der Waals surface area contributed by atoms with Crippen molar-refractivity contribution in [1.29, 1.82) is 5.41 Å². The van der Waals surface area contributed by atoms with Gasteiger partial charge in [-0.1, -0.05) is 25.5 Å². The van der Waals surface area contributed by atoms with Crippen LogP contribution in [0.2, 0.25) is 0 Å². The average molecular weight is 432 g/mol. The molecule has 1 unspecified atom stereocenters. The Morgan fingerprint density at radius 1 is 1.23 bits per heavy atom. The number of hydrogen-bond acceptors (Lipinski definition) is 10. The van der Waals surface area contributed by atoms with Gasteiger partial charge in [-0.25, -0.2) is 9.59 Å². The number of carbonyl (C=O) groups excluding carboxylic acids is 3. The summed E-state index contributed by atoms with van der Waals surface area (Å²) < 4.78 is 15.0. The number of nitrogens with zero attached hydrogens (tertiary/aromatic N) is 2. The van der Waals surface area contributed by atoms with Crippen molar-refractivity contribution in [3.8, 4) is 11.5 Å². The summed E-state index contributed by atoms with van der Waals surface area (Å²) in [6, 6.07) is 5.25. The number of nitrogens with two attached hydrogens (primary N) is 2. The Kier molecular flexibility index (Phi) is 8.64. The molecule has 0 bridgehead atoms. The molecule has 1 aromatic heterocycles. The molecule has 0 aliphatic carbocycles. The van der Waals surface area contributed by atoms with Crippen molar-refractivity contribution in [3.05, 3.63) is 35.7 Å². The summed E-state index contributed by atoms with van der Waals surface area (Å²) in [6.45, 7) is 1.85. The van der Waals surface area contributed by atoms with Gasteiger partial charge in [0.1, 0.15) is 18.3 Å². The van der Waals surface area contributed by atoms with E-state index in [0.717, 1.165) is 6.42 Å². The van der Waals surface area contributed by atoms with Crippen LogP contribution in [0.5, 0.6) is 0 Å². The van der Waals surface area contributed by atoms with Crippen LogP contribution in [0.3, 0.4) is 0 Å². The molecule has 166 valence electrons. The van der Waals surface area contributed by atoms with Gasteiger partial charge in [-0.3, -0.25) is 10.2 Å². The van der Waals surface area contributed by atoms with Crippen LogP contribution in [0.1, 0.15) is 31.2 Å². The lowest BCUT2D eigenvalue weighted by Crippen LogP contribution is -2.47. The average Bonchev–Trinajstić information content (AvgIpc) is 3.20. The molecule has 0 spiro atoms. The van der Waals surface area contributed by atoms with Gasteiger partial charge >= 0.3 is 18.0 Å². The Morgan fingerprint density at radius 3 is 2.55 bits per heavy atom. The Morgan fingerprint density at radius 2 is 1.94 bits per heavy atom. The fourth-order valence-corrected chi connectivity index (χ4v) is 2.28. The molecule has 0 saturated heterocycles. The molecule has 1 amide bonds. The number of alkyl carbamates (subject to hydrolysis) is 1. The standard InChI is InChI=1S/C19H24N6O6/c1-2-3-8-29-19(28)23-13(10-20)18(27)31-15(26)9-14-24-25-17(30-14)12-6-4-11(5-7-12)16(21)22/h4-7,13H,2-3,8-10,20H2,1H3,(H3,21,22)(H,23,28). The number of ether oxygens (including phenoxy) is 2. The Labute approximate surface area is 177 Å². The molecule has 12 nitrogen and oxygen atoms in total. The van der Waals surface area contributed by atoms with Gasteiger partial charge < -0.3 is 30.7 Å². The molecule has 6 N–H and O–H groups in total. The maximum Gasteiger partial charge on any atom is 0.407 e. The first-order chi connectivity index (χ1) is 14.8. The van der Waals surface area contributed by atoms with E-state index in [1.807, 2.05) is 6.92 Å². The zero-order valence-electron chi connectivity index (χ0n) is 16.9. The Balaban J connectivity index is 1.89. The molecule has 0 radical (unpaired) electrons. The fourth-order valence-electron chi connectivity index (χ4n) is 2.28. The first-order valence-electron chi connectivity index (χ1n) is 9.49. The van der Waals surface area contributed by atoms with Gasteiger partial charge in [-0.05, 0) is 18.6 Å². The molecule has 2 rings (SSSR count). The van der Waals surface area contributed by atoms with Gasteiger partial charge in [0.25, 0.3) is 0 Å². The van der Waals surface area contributed by atoms with Crippen molar-refractivity contribution >= 4 is 23.9 Å². The third-order valence-electron chi connectivity index (χ3n) is 3.96. The van der Waals surface area contributed by atoms with Crippen LogP contribution in [-0.2, 0) is 25.5 Å². The summed E-state index contributed by atoms with van der Waals surface area (Å²) >= 11 is 0. The maximum atomic E-state index is 12.1. The van der Waals surface area contributed by atoms with Crippen molar-refractivity contribution in [2.75, 3.05) is 13.2 Å². The van der Waals surface area contributed by atoms with E-state index < -0.39 is 30.5 Å². The minimum atomic E-state index is -1.24. The number of esters is 2. The number of hydrogen-bond donors (Lipinski definition) is 4. The van der Waals surface area contributed by atoms with Crippen LogP contribution in [0.25, 0.3) is 11.5 Å². The summed E-state index contributed by atoms with van der Waals surface area (Å²) in [4.78, 5) is 35.7. The van der Waals surface area contributed by atoms with E-state index in [2.05, 4.69) is 15.5 Å². The summed E-state index contributed by atoms with van der Waals surface area (Å²) in [5, 5.41) is 17.2. The summed E-state index contributed by atoms with van der Waals surface area (Å²) in [5.41, 5.74) is 11.9. The lowest BCUT2D eigenvalue weighted by atomic mass is 10.1. The molecule has 1 atom stereocenters. The first kappa shape index (κ1) is 23.5. The van der Waals surface area contributed by atoms with E-state index in [1.54, 1.807) is 24.3 Å². The highest BCUT2D eigenvalue weighted by atomic mass is 16.6. The molecule has 1 aromatic carbocycles. The molecule has 12 heteroatoms. The molecule has 0 fully saturated rings. The monoisotopic (exact) mass is 432 g/mol. The fraction of sp³-hybridized carbons (Fsp3) is 0.368. The lowest BCUT2D eigenvalue weighted by Gasteiger charge is -2.14. The number of nitrogens with one attached hydrogen (secondary N) is 2. The molecular weight excluding hydrogens is 408 g/mol. The van der Waals surface area contributed by atoms with Crippen LogP contribution >= 0.6 is 0 Å². The van der Waals surface area contributed by atoms with Crippen molar-refractivity contribution in [2.24, 2.45) is 11.5 Å². The predicted molar refractivity (Wildman–Crippen MR) is 108 cm³/mol. The van der Waals surface area contributed by atoms with E-state index >= 15 is 0 Å². The minimum absolute atomic E-state index is 0.0697. The van der Waals surface area contributed by atoms with Gasteiger partial charge in [-0.15, -0.1) is 10.2 Å². The zero-order chi connectivity index (χ0) is 22.8. The van der Waals surface area contributed by atoms with Crippen LogP contribution < -0.4 is 16.8 Å². The number of aromatic nitrogens is 2. The quantitative estimate of drug-likeness (QED) is 0.135. The van der Waals surface area contributed by atoms with Gasteiger partial charge in [-0.2, -0.15) is 0 Å². The van der Waals surface area contributed by atoms with E-state index in [9.17, 15) is 14.4 Å². The van der Waals surface area contributed by atoms with Gasteiger partial charge in [0, 0.05) is 17.7 Å². The number of benzene rings is 1. The number of amidine groups is 1. The maximum absolute atomic E-state index is 12.1. The molecule has 0 aliphatic rings. The zero-order valence-corrected chi connectivity index (χ0v) is 16.9. The van der Waals surface area contributed by atoms with Gasteiger partial charge in [0.05, 0.1) is 6.61 Å². The van der Waals surface area contributed by atoms with Gasteiger partial charge in [0.15, 0.2) is 0 Å². The number of amides is 1. The number of nitrogen functional groups attached to an aromatic ring is 1. The second-order valence-electron chi connectivity index (χ2n) is 6.38. The SMILES string of the molecule is CCCCOC(=O)NC(CN)C(=O)OC(=O)Cc1nnc(-c2ccc(C(=N)N)cc2)o1. The summed E-state index contributed by atoms with van der Waals surface area (Å²) in [5.74, 6) is -1.99. The normalized spacial score (nSPS) is 11.4. The largest absolute Gasteiger partial charge is 0.450 e. The molecule has 0 aliphatic heterocycles. The smallest absolute Gasteiger partial charge is 0.407 e. The minimum Gasteiger partial charge on any atom is -0.450 e. The van der Waals surface area contributed by atoms with Crippen molar-refractivity contribution < 1.29 is 28.3 Å². The number of rotatable bonds is 10. The highest BCUT2D eigenvalue weighted by Gasteiger charge is 2.25. The Bertz CT molecular complexity index is 926. The van der Waals surface area contributed by atoms with Crippen molar-refractivity contribution in [1.82, 2.24) is 15.5 Å². The third-order valence-corrected chi connectivity index (χ3v) is 3.96. The second kappa shape index (κ2) is 11.4. The van der Waals surface area contributed by atoms with Crippen LogP contribution in [-0.4, -0.2) is 53.3 Å². The summed E-state index contributed by atoms with van der Waals surface area (Å²) in [6.07, 6.45) is 0.232. The second-order valence-corrected chi connectivity index (χ2v) is 6.38. The third kappa shape index (κ3) is 7.19. The summed E-state index contributed by atoms with van der Waals surface area (Å²) in [7, 11) is 0. The van der Waals surface area contributed by atoms with Crippen molar-refractivity contribution in [3.63, 3.8) is 0 Å². The van der Waals surface area contributed by atoms with E-state index in [1.165, 1.54) is 0 Å². The highest BCUT2D eigenvalue weighted by Crippen LogP contribution is 2.18. The van der Waals surface area contributed by atoms with Gasteiger partial charge in [0.2, 0.25) is 11.8 Å². The first-order valence-corrected chi connectivity index (χ1v) is 9.49. The van der Waals surface area contributed by atoms with Crippen LogP contribution in [0.15, 0.2) is 28.7 Å². The molecule has 1 heterocycles. The highest BCUT2D eigenvalue weighted by molar-refractivity contribution is 5.95. The van der Waals surface area contributed by atoms with E-state index in [4.69, 9.17) is 30.8 Å². The molecule has 31 heavy (non-hydrogen) atoms. The lowest BCUT2D eigenvalue weighted by molar-refractivity contribution is -0.160. The van der Waals surface area contributed by atoms with Crippen LogP contribution in [0, 0.1) is 5.41 Å². The molecular formula is C19H24N6O6. The van der Waals surface area contributed by atoms with Crippen LogP contribution in [0.4, 0.5) is 4.79 Å². The van der Waals surface area contributed by atoms with E-state index in [0.29, 0.717) is 17.5 Å². The Hall–Kier alpha value is -3.80. The molecule has 2 aromatic rings. The topological polar surface area (TPSA) is 197 Å². The molecule has 0 saturated carbocycles. The van der Waals surface area contributed by atoms with E-state index in [-0.39, 0.29) is 30.8 Å². The van der Waals surface area contributed by atoms with Crippen molar-refractivity contribution in [2.45, 2.75) is 32.2 Å². The number of unbranched alkanes of at least 4 members (excludes halogenated alkanes) is 1. The predicted octanol–water partition coefficient (Wildman–Crippen LogP) is 0.487.